The average Bonchev–Trinajstić information content (AvgIpc) is 2.97. The topological polar surface area (TPSA) is 42.2 Å². The Hall–Kier alpha value is -1.69. The van der Waals surface area contributed by atoms with Crippen LogP contribution in [0.4, 0.5) is 0 Å². The first kappa shape index (κ1) is 36.3. The van der Waals surface area contributed by atoms with E-state index in [9.17, 15) is 5.26 Å². The predicted octanol–water partition coefficient (Wildman–Crippen LogP) is 12.5. The lowest BCUT2D eigenvalue weighted by Crippen LogP contribution is -2.01. The second-order valence-electron chi connectivity index (χ2n) is 12.0. The lowest BCUT2D eigenvalue weighted by atomic mass is 10.0. The number of nitrogens with zero attached hydrogens (tertiary/aromatic N) is 1. The van der Waals surface area contributed by atoms with Crippen LogP contribution < -0.4 is 9.47 Å². The molecule has 40 heavy (non-hydrogen) atoms. The molecule has 0 aliphatic rings. The molecule has 230 valence electrons. The van der Waals surface area contributed by atoms with E-state index in [-0.39, 0.29) is 0 Å². The van der Waals surface area contributed by atoms with Crippen LogP contribution in [0.2, 0.25) is 0 Å². The van der Waals surface area contributed by atoms with Crippen LogP contribution in [0.5, 0.6) is 11.5 Å². The summed E-state index contributed by atoms with van der Waals surface area (Å²) in [7, 11) is 0. The Morgan fingerprint density at radius 2 is 0.700 bits per heavy atom. The Morgan fingerprint density at radius 3 is 0.975 bits per heavy atom. The van der Waals surface area contributed by atoms with E-state index in [2.05, 4.69) is 19.9 Å². The van der Waals surface area contributed by atoms with Gasteiger partial charge < -0.3 is 9.47 Å². The lowest BCUT2D eigenvalue weighted by Gasteiger charge is -2.11. The van der Waals surface area contributed by atoms with Crippen molar-refractivity contribution in [3.8, 4) is 17.6 Å². The van der Waals surface area contributed by atoms with Crippen molar-refractivity contribution < 1.29 is 9.47 Å². The van der Waals surface area contributed by atoms with Gasteiger partial charge in [-0.1, -0.05) is 168 Å². The van der Waals surface area contributed by atoms with Crippen molar-refractivity contribution >= 4 is 0 Å². The van der Waals surface area contributed by atoms with Crippen LogP contribution in [0.25, 0.3) is 0 Å². The third kappa shape index (κ3) is 23.1. The third-order valence-corrected chi connectivity index (χ3v) is 8.04. The Kier molecular flexibility index (Phi) is 26.2. The van der Waals surface area contributed by atoms with Gasteiger partial charge in [-0.2, -0.15) is 5.26 Å². The fourth-order valence-electron chi connectivity index (χ4n) is 5.42. The molecule has 0 fully saturated rings. The number of rotatable bonds is 30. The van der Waals surface area contributed by atoms with E-state index in [1.165, 1.54) is 154 Å². The van der Waals surface area contributed by atoms with Crippen molar-refractivity contribution in [3.05, 3.63) is 23.8 Å². The van der Waals surface area contributed by atoms with Gasteiger partial charge in [-0.25, -0.2) is 0 Å². The van der Waals surface area contributed by atoms with E-state index in [1.807, 2.05) is 18.2 Å². The molecule has 1 aromatic carbocycles. The van der Waals surface area contributed by atoms with Crippen molar-refractivity contribution in [2.75, 3.05) is 13.2 Å². The SMILES string of the molecule is CCCCCCCCCCCCCCCOc1cc(C#N)cc(OCCCCCCCCCCCCCCC)c1. The zero-order valence-corrected chi connectivity index (χ0v) is 26.8. The van der Waals surface area contributed by atoms with Gasteiger partial charge in [0, 0.05) is 6.07 Å². The minimum absolute atomic E-state index is 0.614. The number of ether oxygens (including phenoxy) is 2. The molecule has 0 unspecified atom stereocenters. The van der Waals surface area contributed by atoms with E-state index in [0.717, 1.165) is 24.3 Å². The molecule has 0 N–H and O–H groups in total. The molecule has 3 nitrogen and oxygen atoms in total. The summed E-state index contributed by atoms with van der Waals surface area (Å²) in [6.07, 6.45) is 35.1. The fraction of sp³-hybridized carbons (Fsp3) is 0.811. The van der Waals surface area contributed by atoms with Gasteiger partial charge in [0.25, 0.3) is 0 Å². The third-order valence-electron chi connectivity index (χ3n) is 8.04. The Labute approximate surface area is 249 Å². The first-order valence-corrected chi connectivity index (χ1v) is 17.6. The Bertz CT molecular complexity index is 660. The maximum atomic E-state index is 9.41. The Balaban J connectivity index is 2.01. The molecule has 0 radical (unpaired) electrons. The monoisotopic (exact) mass is 556 g/mol. The molecule has 0 amide bonds. The molecule has 0 bridgehead atoms. The van der Waals surface area contributed by atoms with Gasteiger partial charge in [0.2, 0.25) is 0 Å². The standard InChI is InChI=1S/C37H65NO2/c1-3-5-7-9-11-13-15-17-19-21-23-25-27-29-39-36-31-35(34-38)32-37(33-36)40-30-28-26-24-22-20-18-16-14-12-10-8-6-4-2/h31-33H,3-30H2,1-2H3. The van der Waals surface area contributed by atoms with Crippen LogP contribution in [0.3, 0.4) is 0 Å². The van der Waals surface area contributed by atoms with Crippen molar-refractivity contribution in [2.45, 2.75) is 181 Å². The lowest BCUT2D eigenvalue weighted by molar-refractivity contribution is 0.289. The summed E-state index contributed by atoms with van der Waals surface area (Å²) in [5.41, 5.74) is 0.614. The molecule has 1 aromatic rings. The van der Waals surface area contributed by atoms with Crippen molar-refractivity contribution in [1.82, 2.24) is 0 Å². The van der Waals surface area contributed by atoms with Gasteiger partial charge in [0.1, 0.15) is 11.5 Å². The van der Waals surface area contributed by atoms with E-state index >= 15 is 0 Å². The quantitative estimate of drug-likeness (QED) is 0.0886. The number of hydrogen-bond acceptors (Lipinski definition) is 3. The van der Waals surface area contributed by atoms with Crippen LogP contribution in [-0.2, 0) is 0 Å². The molecular weight excluding hydrogens is 490 g/mol. The maximum absolute atomic E-state index is 9.41. The van der Waals surface area contributed by atoms with Crippen LogP contribution in [0.15, 0.2) is 18.2 Å². The minimum atomic E-state index is 0.614. The van der Waals surface area contributed by atoms with Gasteiger partial charge in [0.05, 0.1) is 24.8 Å². The summed E-state index contributed by atoms with van der Waals surface area (Å²) in [5.74, 6) is 1.52. The Morgan fingerprint density at radius 1 is 0.425 bits per heavy atom. The summed E-state index contributed by atoms with van der Waals surface area (Å²) < 4.78 is 12.0. The molecule has 0 atom stereocenters. The summed E-state index contributed by atoms with van der Waals surface area (Å²) >= 11 is 0. The van der Waals surface area contributed by atoms with E-state index in [0.29, 0.717) is 18.8 Å². The highest BCUT2D eigenvalue weighted by atomic mass is 16.5. The van der Waals surface area contributed by atoms with Crippen LogP contribution in [0, 0.1) is 11.3 Å². The van der Waals surface area contributed by atoms with Crippen LogP contribution in [-0.4, -0.2) is 13.2 Å². The second kappa shape index (κ2) is 28.8. The van der Waals surface area contributed by atoms with Gasteiger partial charge in [-0.3, -0.25) is 0 Å². The van der Waals surface area contributed by atoms with Gasteiger partial charge in [-0.15, -0.1) is 0 Å². The highest BCUT2D eigenvalue weighted by Gasteiger charge is 2.04. The maximum Gasteiger partial charge on any atom is 0.124 e. The van der Waals surface area contributed by atoms with Gasteiger partial charge in [-0.05, 0) is 25.0 Å². The predicted molar refractivity (Wildman–Crippen MR) is 174 cm³/mol. The summed E-state index contributed by atoms with van der Waals surface area (Å²) in [4.78, 5) is 0. The molecule has 3 heteroatoms. The summed E-state index contributed by atoms with van der Waals surface area (Å²) in [5, 5.41) is 9.41. The van der Waals surface area contributed by atoms with Gasteiger partial charge >= 0.3 is 0 Å². The van der Waals surface area contributed by atoms with Crippen LogP contribution in [0.1, 0.15) is 186 Å². The molecule has 0 aromatic heterocycles. The zero-order valence-electron chi connectivity index (χ0n) is 26.8. The highest BCUT2D eigenvalue weighted by Crippen LogP contribution is 2.24. The molecule has 0 saturated heterocycles. The fourth-order valence-corrected chi connectivity index (χ4v) is 5.42. The highest BCUT2D eigenvalue weighted by molar-refractivity contribution is 5.43. The van der Waals surface area contributed by atoms with Gasteiger partial charge in [0.15, 0.2) is 0 Å². The smallest absolute Gasteiger partial charge is 0.124 e. The van der Waals surface area contributed by atoms with Crippen molar-refractivity contribution in [1.29, 1.82) is 5.26 Å². The molecule has 0 aliphatic carbocycles. The van der Waals surface area contributed by atoms with E-state index < -0.39 is 0 Å². The van der Waals surface area contributed by atoms with Crippen molar-refractivity contribution in [2.24, 2.45) is 0 Å². The zero-order chi connectivity index (χ0) is 28.8. The first-order valence-electron chi connectivity index (χ1n) is 17.6. The molecule has 0 heterocycles. The largest absolute Gasteiger partial charge is 0.493 e. The molecular formula is C37H65NO2. The number of unbranched alkanes of at least 4 members (excludes halogenated alkanes) is 24. The molecule has 0 aliphatic heterocycles. The number of hydrogen-bond donors (Lipinski definition) is 0. The van der Waals surface area contributed by atoms with Crippen LogP contribution >= 0.6 is 0 Å². The molecule has 1 rings (SSSR count). The first-order chi connectivity index (χ1) is 19.8. The van der Waals surface area contributed by atoms with Crippen molar-refractivity contribution in [3.63, 3.8) is 0 Å². The molecule has 0 spiro atoms. The van der Waals surface area contributed by atoms with E-state index in [4.69, 9.17) is 9.47 Å². The average molecular weight is 556 g/mol. The molecule has 0 saturated carbocycles. The summed E-state index contributed by atoms with van der Waals surface area (Å²) in [6, 6.07) is 7.87. The van der Waals surface area contributed by atoms with E-state index in [1.54, 1.807) is 0 Å². The number of nitriles is 1. The summed E-state index contributed by atoms with van der Waals surface area (Å²) in [6.45, 7) is 5.99. The number of benzene rings is 1. The normalized spacial score (nSPS) is 11.0. The minimum Gasteiger partial charge on any atom is -0.493 e. The second-order valence-corrected chi connectivity index (χ2v) is 12.0.